The zero-order valence-corrected chi connectivity index (χ0v) is 16.9. The van der Waals surface area contributed by atoms with Gasteiger partial charge in [0.2, 0.25) is 0 Å². The molecule has 0 N–H and O–H groups in total. The molecule has 0 saturated heterocycles. The van der Waals surface area contributed by atoms with E-state index in [0.717, 1.165) is 17.3 Å². The Kier molecular flexibility index (Phi) is 6.52. The van der Waals surface area contributed by atoms with Gasteiger partial charge in [-0.15, -0.1) is 0 Å². The normalized spacial score (nSPS) is 15.8. The summed E-state index contributed by atoms with van der Waals surface area (Å²) < 4.78 is 6.79. The smallest absolute Gasteiger partial charge is 0.164 e. The molecule has 2 aromatic rings. The maximum absolute atomic E-state index is 12.4. The first-order chi connectivity index (χ1) is 12.5. The van der Waals surface area contributed by atoms with Crippen LogP contribution in [0.4, 0.5) is 0 Å². The summed E-state index contributed by atoms with van der Waals surface area (Å²) >= 11 is 15.6. The lowest BCUT2D eigenvalue weighted by atomic mass is 10.00. The molecule has 6 heteroatoms. The van der Waals surface area contributed by atoms with Gasteiger partial charge in [-0.25, -0.2) is 0 Å². The van der Waals surface area contributed by atoms with Crippen molar-refractivity contribution in [3.63, 3.8) is 0 Å². The van der Waals surface area contributed by atoms with E-state index < -0.39 is 0 Å². The van der Waals surface area contributed by atoms with Gasteiger partial charge in [0.25, 0.3) is 0 Å². The summed E-state index contributed by atoms with van der Waals surface area (Å²) in [6.07, 6.45) is 5.79. The fourth-order valence-electron chi connectivity index (χ4n) is 2.64. The van der Waals surface area contributed by atoms with Crippen LogP contribution in [0.1, 0.15) is 29.6 Å². The average molecular weight is 453 g/mol. The number of aliphatic imine (C=N–C) groups is 1. The van der Waals surface area contributed by atoms with Gasteiger partial charge in [-0.2, -0.15) is 0 Å². The molecule has 0 amide bonds. The minimum absolute atomic E-state index is 0.0306. The zero-order valence-electron chi connectivity index (χ0n) is 13.8. The number of nitrogens with zero attached hydrogens (tertiary/aromatic N) is 1. The third-order valence-corrected chi connectivity index (χ3v) is 5.38. The van der Waals surface area contributed by atoms with Crippen LogP contribution in [-0.4, -0.2) is 12.0 Å². The van der Waals surface area contributed by atoms with E-state index in [-0.39, 0.29) is 11.7 Å². The number of hydrogen-bond acceptors (Lipinski definition) is 3. The molecule has 0 bridgehead atoms. The topological polar surface area (TPSA) is 38.7 Å². The second kappa shape index (κ2) is 8.85. The first-order valence-electron chi connectivity index (χ1n) is 8.18. The Morgan fingerprint density at radius 2 is 1.85 bits per heavy atom. The Morgan fingerprint density at radius 3 is 2.50 bits per heavy atom. The highest BCUT2D eigenvalue weighted by Crippen LogP contribution is 2.30. The molecule has 0 spiro atoms. The number of Topliss-reactive ketones (excluding diaryl/α,β-unsaturated/α-hetero) is 1. The molecule has 3 rings (SSSR count). The molecule has 1 aliphatic rings. The zero-order chi connectivity index (χ0) is 18.5. The van der Waals surface area contributed by atoms with Crippen LogP contribution in [0.15, 0.2) is 58.1 Å². The van der Waals surface area contributed by atoms with Crippen molar-refractivity contribution in [2.75, 3.05) is 0 Å². The lowest BCUT2D eigenvalue weighted by Gasteiger charge is -2.10. The second-order valence-corrected chi connectivity index (χ2v) is 7.69. The average Bonchev–Trinajstić information content (AvgIpc) is 3.02. The van der Waals surface area contributed by atoms with Crippen LogP contribution in [0.25, 0.3) is 0 Å². The van der Waals surface area contributed by atoms with Crippen LogP contribution in [0.3, 0.4) is 0 Å². The van der Waals surface area contributed by atoms with Gasteiger partial charge >= 0.3 is 0 Å². The van der Waals surface area contributed by atoms with E-state index in [0.29, 0.717) is 33.5 Å². The number of rotatable bonds is 7. The Labute approximate surface area is 170 Å². The third-order valence-electron chi connectivity index (χ3n) is 4.03. The molecule has 1 heterocycles. The predicted octanol–water partition coefficient (Wildman–Crippen LogP) is 7.08. The molecule has 3 nitrogen and oxygen atoms in total. The summed E-state index contributed by atoms with van der Waals surface area (Å²) in [4.78, 5) is 16.5. The molecule has 2 aromatic carbocycles. The van der Waals surface area contributed by atoms with Gasteiger partial charge in [0.15, 0.2) is 5.78 Å². The maximum Gasteiger partial charge on any atom is 0.164 e. The first kappa shape index (κ1) is 19.2. The van der Waals surface area contributed by atoms with E-state index in [4.69, 9.17) is 27.9 Å². The molecule has 0 saturated carbocycles. The summed E-state index contributed by atoms with van der Waals surface area (Å²) in [6, 6.07) is 12.2. The van der Waals surface area contributed by atoms with Crippen molar-refractivity contribution in [3.8, 4) is 11.5 Å². The van der Waals surface area contributed by atoms with Crippen LogP contribution in [0, 0.1) is 5.92 Å². The lowest BCUT2D eigenvalue weighted by Crippen LogP contribution is -2.04. The van der Waals surface area contributed by atoms with Crippen molar-refractivity contribution < 1.29 is 9.53 Å². The van der Waals surface area contributed by atoms with Crippen molar-refractivity contribution in [1.29, 1.82) is 0 Å². The number of allylic oxidation sites excluding steroid dienone is 1. The number of benzene rings is 2. The summed E-state index contributed by atoms with van der Waals surface area (Å²) in [5.74, 6) is 1.53. The first-order valence-corrected chi connectivity index (χ1v) is 9.73. The Hall–Kier alpha value is -1.62. The molecule has 1 aliphatic heterocycles. The van der Waals surface area contributed by atoms with E-state index >= 15 is 0 Å². The number of hydrogen-bond donors (Lipinski definition) is 0. The van der Waals surface area contributed by atoms with E-state index in [1.54, 1.807) is 48.7 Å². The van der Waals surface area contributed by atoms with Crippen LogP contribution >= 0.6 is 39.1 Å². The highest BCUT2D eigenvalue weighted by molar-refractivity contribution is 9.11. The molecule has 0 fully saturated rings. The van der Waals surface area contributed by atoms with Crippen LogP contribution in [0.2, 0.25) is 10.0 Å². The van der Waals surface area contributed by atoms with Gasteiger partial charge in [-0.1, -0.05) is 39.1 Å². The maximum atomic E-state index is 12.4. The number of carbonyl (C=O) groups is 1. The predicted molar refractivity (Wildman–Crippen MR) is 110 cm³/mol. The monoisotopic (exact) mass is 451 g/mol. The fourth-order valence-corrected chi connectivity index (χ4v) is 3.51. The largest absolute Gasteiger partial charge is 0.457 e. The minimum Gasteiger partial charge on any atom is -0.457 e. The summed E-state index contributed by atoms with van der Waals surface area (Å²) in [5.41, 5.74) is 0.518. The van der Waals surface area contributed by atoms with Crippen LogP contribution in [0.5, 0.6) is 11.5 Å². The summed E-state index contributed by atoms with van der Waals surface area (Å²) in [6.45, 7) is 0. The quantitative estimate of drug-likeness (QED) is 0.421. The molecule has 1 unspecified atom stereocenters. The molecule has 26 heavy (non-hydrogen) atoms. The van der Waals surface area contributed by atoms with Crippen molar-refractivity contribution in [2.45, 2.75) is 19.3 Å². The second-order valence-electron chi connectivity index (χ2n) is 5.93. The molecule has 1 atom stereocenters. The molecule has 134 valence electrons. The molecule has 0 aromatic heterocycles. The number of ketones is 1. The Morgan fingerprint density at radius 1 is 1.12 bits per heavy atom. The Bertz CT molecular complexity index is 863. The van der Waals surface area contributed by atoms with Gasteiger partial charge < -0.3 is 4.74 Å². The molecule has 0 radical (unpaired) electrons. The standard InChI is InChI=1S/C20H16BrCl2NO2/c21-18-12-24-11-13(18)2-1-3-20(25)17-9-8-16(10-19(17)23)26-15-6-4-14(22)5-7-15/h4-13H,1-3H2. The van der Waals surface area contributed by atoms with E-state index in [9.17, 15) is 4.79 Å². The fraction of sp³-hybridized carbons (Fsp3) is 0.200. The highest BCUT2D eigenvalue weighted by Gasteiger charge is 2.16. The Balaban J connectivity index is 1.58. The van der Waals surface area contributed by atoms with Gasteiger partial charge in [0.05, 0.1) is 5.02 Å². The molecular formula is C20H16BrCl2NO2. The van der Waals surface area contributed by atoms with Gasteiger partial charge in [-0.3, -0.25) is 9.79 Å². The van der Waals surface area contributed by atoms with Crippen molar-refractivity contribution in [1.82, 2.24) is 0 Å². The number of carbonyl (C=O) groups excluding carboxylic acids is 1. The minimum atomic E-state index is 0.0306. The van der Waals surface area contributed by atoms with Gasteiger partial charge in [0, 0.05) is 45.9 Å². The van der Waals surface area contributed by atoms with Crippen LogP contribution in [-0.2, 0) is 0 Å². The molecular weight excluding hydrogens is 437 g/mol. The van der Waals surface area contributed by atoms with Gasteiger partial charge in [-0.05, 0) is 49.2 Å². The van der Waals surface area contributed by atoms with E-state index in [1.807, 2.05) is 6.21 Å². The third kappa shape index (κ3) is 4.97. The van der Waals surface area contributed by atoms with Crippen molar-refractivity contribution >= 4 is 51.1 Å². The SMILES string of the molecule is O=C(CCCC1C=NC=C1Br)c1ccc(Oc2ccc(Cl)cc2)cc1Cl. The van der Waals surface area contributed by atoms with E-state index in [1.165, 1.54) is 0 Å². The number of halogens is 3. The summed E-state index contributed by atoms with van der Waals surface area (Å²) in [7, 11) is 0. The van der Waals surface area contributed by atoms with Crippen molar-refractivity contribution in [3.05, 3.63) is 68.8 Å². The highest BCUT2D eigenvalue weighted by atomic mass is 79.9. The van der Waals surface area contributed by atoms with Crippen molar-refractivity contribution in [2.24, 2.45) is 10.9 Å². The van der Waals surface area contributed by atoms with Gasteiger partial charge in [0.1, 0.15) is 11.5 Å². The molecule has 0 aliphatic carbocycles. The summed E-state index contributed by atoms with van der Waals surface area (Å²) in [5, 5.41) is 1.03. The van der Waals surface area contributed by atoms with Crippen LogP contribution < -0.4 is 4.74 Å². The van der Waals surface area contributed by atoms with E-state index in [2.05, 4.69) is 20.9 Å². The number of ether oxygens (including phenoxy) is 1. The lowest BCUT2D eigenvalue weighted by molar-refractivity contribution is 0.0979.